The van der Waals surface area contributed by atoms with E-state index >= 15 is 0 Å². The Morgan fingerprint density at radius 2 is 1.69 bits per heavy atom. The average molecular weight is 394 g/mol. The summed E-state index contributed by atoms with van der Waals surface area (Å²) >= 11 is 0. The van der Waals surface area contributed by atoms with Crippen LogP contribution in [-0.2, 0) is 20.7 Å². The highest BCUT2D eigenvalue weighted by Gasteiger charge is 2.55. The van der Waals surface area contributed by atoms with Gasteiger partial charge in [-0.3, -0.25) is 14.4 Å². The molecule has 4 bridgehead atoms. The molecule has 4 aliphatic carbocycles. The summed E-state index contributed by atoms with van der Waals surface area (Å²) in [6.45, 7) is 1.71. The van der Waals surface area contributed by atoms with Crippen molar-refractivity contribution in [1.29, 1.82) is 0 Å². The zero-order valence-corrected chi connectivity index (χ0v) is 16.6. The second kappa shape index (κ2) is 6.78. The summed E-state index contributed by atoms with van der Waals surface area (Å²) in [6.07, 6.45) is 5.88. The molecule has 0 aliphatic heterocycles. The predicted octanol–water partition coefficient (Wildman–Crippen LogP) is 3.18. The topological polar surface area (TPSA) is 89.1 Å². The van der Waals surface area contributed by atoms with E-state index in [0.29, 0.717) is 34.2 Å². The molecule has 2 aromatic rings. The van der Waals surface area contributed by atoms with Crippen LogP contribution in [0.2, 0.25) is 0 Å². The number of fused-ring (bicyclic) bond motifs is 1. The molecule has 4 aliphatic rings. The van der Waals surface area contributed by atoms with Gasteiger partial charge in [-0.15, -0.1) is 0 Å². The highest BCUT2D eigenvalue weighted by molar-refractivity contribution is 5.92. The van der Waals surface area contributed by atoms with Crippen LogP contribution in [0.5, 0.6) is 0 Å². The molecule has 29 heavy (non-hydrogen) atoms. The fourth-order valence-corrected chi connectivity index (χ4v) is 6.58. The smallest absolute Gasteiger partial charge is 0.312 e. The summed E-state index contributed by atoms with van der Waals surface area (Å²) in [4.78, 5) is 37.8. The number of rotatable bonds is 5. The molecule has 0 radical (unpaired) electrons. The third-order valence-electron chi connectivity index (χ3n) is 7.33. The Morgan fingerprint density at radius 3 is 2.31 bits per heavy atom. The number of hydrogen-bond acceptors (Lipinski definition) is 5. The Balaban J connectivity index is 1.30. The minimum Gasteiger partial charge on any atom is -0.454 e. The van der Waals surface area contributed by atoms with E-state index in [4.69, 9.17) is 4.74 Å². The van der Waals surface area contributed by atoms with Crippen molar-refractivity contribution in [3.63, 3.8) is 0 Å². The number of H-pyrrole nitrogens is 1. The standard InChI is InChI=1S/C23H26N2O4/c1-13(21(27)23-10-14-6-15(11-23)8-16(7-14)12-23)29-20(26)9-19-17-4-2-3-5-18(17)22(28)25-24-19/h2-5,13-16H,6-12H2,1H3,(H,25,28). The van der Waals surface area contributed by atoms with E-state index in [-0.39, 0.29) is 23.2 Å². The fourth-order valence-electron chi connectivity index (χ4n) is 6.58. The van der Waals surface area contributed by atoms with Gasteiger partial charge in [-0.1, -0.05) is 18.2 Å². The first-order valence-electron chi connectivity index (χ1n) is 10.6. The molecule has 1 atom stereocenters. The van der Waals surface area contributed by atoms with Gasteiger partial charge in [0.2, 0.25) is 0 Å². The molecule has 152 valence electrons. The first-order chi connectivity index (χ1) is 13.9. The summed E-state index contributed by atoms with van der Waals surface area (Å²) in [5, 5.41) is 7.58. The number of benzene rings is 1. The van der Waals surface area contributed by atoms with Crippen LogP contribution in [0.15, 0.2) is 29.1 Å². The minimum atomic E-state index is -0.743. The first kappa shape index (κ1) is 18.5. The lowest BCUT2D eigenvalue weighted by molar-refractivity contribution is -0.164. The van der Waals surface area contributed by atoms with Crippen molar-refractivity contribution in [3.05, 3.63) is 40.3 Å². The Kier molecular flexibility index (Phi) is 4.33. The number of nitrogens with zero attached hydrogens (tertiary/aromatic N) is 1. The second-order valence-corrected chi connectivity index (χ2v) is 9.42. The van der Waals surface area contributed by atoms with Gasteiger partial charge in [-0.05, 0) is 69.3 Å². The third kappa shape index (κ3) is 3.18. The van der Waals surface area contributed by atoms with Crippen molar-refractivity contribution in [3.8, 4) is 0 Å². The molecule has 4 fully saturated rings. The Hall–Kier alpha value is -2.50. The summed E-state index contributed by atoms with van der Waals surface area (Å²) in [5.74, 6) is 1.63. The van der Waals surface area contributed by atoms with Crippen molar-refractivity contribution in [2.24, 2.45) is 23.2 Å². The van der Waals surface area contributed by atoms with Crippen LogP contribution in [0.25, 0.3) is 10.8 Å². The van der Waals surface area contributed by atoms with Gasteiger partial charge in [-0.2, -0.15) is 5.10 Å². The molecule has 0 amide bonds. The first-order valence-corrected chi connectivity index (χ1v) is 10.6. The number of carbonyl (C=O) groups is 2. The van der Waals surface area contributed by atoms with Crippen LogP contribution < -0.4 is 5.56 Å². The molecule has 1 unspecified atom stereocenters. The van der Waals surface area contributed by atoms with Crippen molar-refractivity contribution in [2.45, 2.75) is 58.0 Å². The largest absolute Gasteiger partial charge is 0.454 e. The van der Waals surface area contributed by atoms with Crippen molar-refractivity contribution in [2.75, 3.05) is 0 Å². The van der Waals surface area contributed by atoms with Crippen LogP contribution >= 0.6 is 0 Å². The van der Waals surface area contributed by atoms with Gasteiger partial charge in [0.05, 0.1) is 17.5 Å². The van der Waals surface area contributed by atoms with Crippen LogP contribution in [0.1, 0.15) is 51.1 Å². The van der Waals surface area contributed by atoms with E-state index in [9.17, 15) is 14.4 Å². The maximum Gasteiger partial charge on any atom is 0.312 e. The molecular formula is C23H26N2O4. The fraction of sp³-hybridized carbons (Fsp3) is 0.565. The lowest BCUT2D eigenvalue weighted by Crippen LogP contribution is -2.52. The maximum absolute atomic E-state index is 13.3. The van der Waals surface area contributed by atoms with E-state index in [1.165, 1.54) is 19.3 Å². The SMILES string of the molecule is CC(OC(=O)Cc1n[nH]c(=O)c2ccccc12)C(=O)C12CC3CC(CC(C3)C1)C2. The average Bonchev–Trinajstić information content (AvgIpc) is 2.68. The van der Waals surface area contributed by atoms with Crippen molar-refractivity contribution in [1.82, 2.24) is 10.2 Å². The van der Waals surface area contributed by atoms with Gasteiger partial charge in [0.25, 0.3) is 5.56 Å². The van der Waals surface area contributed by atoms with Gasteiger partial charge in [0.15, 0.2) is 11.9 Å². The van der Waals surface area contributed by atoms with Gasteiger partial charge in [-0.25, -0.2) is 5.10 Å². The summed E-state index contributed by atoms with van der Waals surface area (Å²) in [7, 11) is 0. The number of ketones is 1. The maximum atomic E-state index is 13.3. The number of hydrogen-bond donors (Lipinski definition) is 1. The van der Waals surface area contributed by atoms with Crippen molar-refractivity contribution >= 4 is 22.5 Å². The van der Waals surface area contributed by atoms with Gasteiger partial charge >= 0.3 is 5.97 Å². The normalized spacial score (nSPS) is 31.0. The van der Waals surface area contributed by atoms with E-state index in [1.807, 2.05) is 0 Å². The molecule has 1 heterocycles. The summed E-state index contributed by atoms with van der Waals surface area (Å²) < 4.78 is 5.56. The molecule has 0 spiro atoms. The lowest BCUT2D eigenvalue weighted by atomic mass is 9.48. The number of esters is 1. The quantitative estimate of drug-likeness (QED) is 0.787. The Morgan fingerprint density at radius 1 is 1.10 bits per heavy atom. The molecule has 1 aromatic heterocycles. The minimum absolute atomic E-state index is 0.0736. The third-order valence-corrected chi connectivity index (χ3v) is 7.33. The van der Waals surface area contributed by atoms with Crippen LogP contribution in [0.4, 0.5) is 0 Å². The number of aromatic nitrogens is 2. The number of ether oxygens (including phenoxy) is 1. The molecule has 0 saturated heterocycles. The second-order valence-electron chi connectivity index (χ2n) is 9.42. The van der Waals surface area contributed by atoms with E-state index in [2.05, 4.69) is 10.2 Å². The lowest BCUT2D eigenvalue weighted by Gasteiger charge is -2.56. The number of nitrogens with one attached hydrogen (secondary N) is 1. The molecule has 6 rings (SSSR count). The molecule has 4 saturated carbocycles. The summed E-state index contributed by atoms with van der Waals surface area (Å²) in [6, 6.07) is 7.04. The van der Waals surface area contributed by atoms with E-state index in [1.54, 1.807) is 31.2 Å². The van der Waals surface area contributed by atoms with Crippen LogP contribution in [0, 0.1) is 23.2 Å². The Bertz CT molecular complexity index is 1010. The monoisotopic (exact) mass is 394 g/mol. The highest BCUT2D eigenvalue weighted by atomic mass is 16.5. The van der Waals surface area contributed by atoms with Crippen LogP contribution in [0.3, 0.4) is 0 Å². The zero-order chi connectivity index (χ0) is 20.2. The predicted molar refractivity (Wildman–Crippen MR) is 107 cm³/mol. The van der Waals surface area contributed by atoms with Crippen molar-refractivity contribution < 1.29 is 14.3 Å². The van der Waals surface area contributed by atoms with E-state index < -0.39 is 12.1 Å². The molecule has 6 heteroatoms. The van der Waals surface area contributed by atoms with E-state index in [0.717, 1.165) is 19.3 Å². The highest BCUT2D eigenvalue weighted by Crippen LogP contribution is 2.60. The van der Waals surface area contributed by atoms with Crippen LogP contribution in [-0.4, -0.2) is 28.1 Å². The molecule has 1 aromatic carbocycles. The zero-order valence-electron chi connectivity index (χ0n) is 16.6. The van der Waals surface area contributed by atoms with Gasteiger partial charge in [0, 0.05) is 10.8 Å². The molecule has 6 nitrogen and oxygen atoms in total. The summed E-state index contributed by atoms with van der Waals surface area (Å²) in [5.41, 5.74) is -0.111. The molecular weight excluding hydrogens is 368 g/mol. The van der Waals surface area contributed by atoms with Gasteiger partial charge < -0.3 is 4.74 Å². The number of carbonyl (C=O) groups excluding carboxylic acids is 2. The number of aromatic amines is 1. The van der Waals surface area contributed by atoms with Gasteiger partial charge in [0.1, 0.15) is 0 Å². The number of Topliss-reactive ketones (excluding diaryl/α,β-unsaturated/α-hetero) is 1. The Labute approximate surface area is 169 Å². The molecule has 1 N–H and O–H groups in total.